The third-order valence-corrected chi connectivity index (χ3v) is 3.04. The lowest BCUT2D eigenvalue weighted by atomic mass is 10.1. The molecule has 0 aliphatic heterocycles. The molecule has 0 bridgehead atoms. The van der Waals surface area contributed by atoms with Gasteiger partial charge in [0.05, 0.1) is 12.1 Å². The van der Waals surface area contributed by atoms with Crippen LogP contribution in [0.5, 0.6) is 5.75 Å². The second-order valence-electron chi connectivity index (χ2n) is 3.69. The summed E-state index contributed by atoms with van der Waals surface area (Å²) in [5, 5.41) is 14.4. The number of phenolic OH excluding ortho intramolecular Hbond substituents is 1. The second kappa shape index (κ2) is 4.97. The molecular formula is C12H12N2O2S. The number of rotatable bonds is 3. The number of phenols is 1. The minimum absolute atomic E-state index is 0.106. The van der Waals surface area contributed by atoms with E-state index in [0.717, 1.165) is 11.3 Å². The molecule has 1 amide bonds. The van der Waals surface area contributed by atoms with Gasteiger partial charge in [-0.1, -0.05) is 12.1 Å². The maximum atomic E-state index is 11.7. The first-order valence-corrected chi connectivity index (χ1v) is 6.01. The van der Waals surface area contributed by atoms with E-state index >= 15 is 0 Å². The summed E-state index contributed by atoms with van der Waals surface area (Å²) in [6.45, 7) is 1.88. The summed E-state index contributed by atoms with van der Waals surface area (Å²) in [7, 11) is 0. The molecule has 17 heavy (non-hydrogen) atoms. The molecule has 1 heterocycles. The maximum absolute atomic E-state index is 11.7. The Kier molecular flexibility index (Phi) is 3.39. The van der Waals surface area contributed by atoms with Crippen LogP contribution in [-0.4, -0.2) is 16.0 Å². The number of amides is 1. The van der Waals surface area contributed by atoms with Crippen molar-refractivity contribution in [2.24, 2.45) is 0 Å². The van der Waals surface area contributed by atoms with Crippen molar-refractivity contribution >= 4 is 22.4 Å². The zero-order chi connectivity index (χ0) is 12.3. The van der Waals surface area contributed by atoms with Gasteiger partial charge in [0.1, 0.15) is 5.75 Å². The molecule has 0 unspecified atom stereocenters. The minimum atomic E-state index is -0.106. The molecule has 0 fully saturated rings. The molecule has 2 N–H and O–H groups in total. The smallest absolute Gasteiger partial charge is 0.230 e. The van der Waals surface area contributed by atoms with E-state index in [1.807, 2.05) is 12.3 Å². The summed E-state index contributed by atoms with van der Waals surface area (Å²) in [6, 6.07) is 6.58. The lowest BCUT2D eigenvalue weighted by Gasteiger charge is -2.02. The Labute approximate surface area is 103 Å². The van der Waals surface area contributed by atoms with Crippen LogP contribution in [0.2, 0.25) is 0 Å². The Morgan fingerprint density at radius 2 is 2.12 bits per heavy atom. The first kappa shape index (κ1) is 11.6. The number of aromatic nitrogens is 1. The van der Waals surface area contributed by atoms with Crippen LogP contribution in [-0.2, 0) is 11.2 Å². The molecule has 0 spiro atoms. The lowest BCUT2D eigenvalue weighted by Crippen LogP contribution is -2.14. The fourth-order valence-electron chi connectivity index (χ4n) is 1.37. The van der Waals surface area contributed by atoms with Gasteiger partial charge in [-0.2, -0.15) is 0 Å². The second-order valence-corrected chi connectivity index (χ2v) is 4.54. The van der Waals surface area contributed by atoms with Gasteiger partial charge >= 0.3 is 0 Å². The zero-order valence-corrected chi connectivity index (χ0v) is 10.1. The van der Waals surface area contributed by atoms with E-state index in [1.165, 1.54) is 11.3 Å². The number of carbonyl (C=O) groups is 1. The van der Waals surface area contributed by atoms with Crippen molar-refractivity contribution in [3.63, 3.8) is 0 Å². The van der Waals surface area contributed by atoms with E-state index < -0.39 is 0 Å². The highest BCUT2D eigenvalue weighted by atomic mass is 32.1. The summed E-state index contributed by atoms with van der Waals surface area (Å²) in [6.07, 6.45) is 0.277. The third-order valence-electron chi connectivity index (χ3n) is 2.17. The molecule has 2 aromatic rings. The number of aromatic hydroxyl groups is 1. The van der Waals surface area contributed by atoms with Gasteiger partial charge in [0.2, 0.25) is 5.91 Å². The van der Waals surface area contributed by atoms with Crippen LogP contribution < -0.4 is 5.32 Å². The van der Waals surface area contributed by atoms with E-state index in [-0.39, 0.29) is 18.1 Å². The lowest BCUT2D eigenvalue weighted by molar-refractivity contribution is -0.115. The molecule has 4 nitrogen and oxygen atoms in total. The maximum Gasteiger partial charge on any atom is 0.230 e. The Balaban J connectivity index is 1.95. The summed E-state index contributed by atoms with van der Waals surface area (Å²) in [4.78, 5) is 15.8. The number of hydrogen-bond acceptors (Lipinski definition) is 4. The molecule has 0 atom stereocenters. The van der Waals surface area contributed by atoms with Crippen LogP contribution in [0.15, 0.2) is 29.6 Å². The van der Waals surface area contributed by atoms with Crippen molar-refractivity contribution in [3.05, 3.63) is 40.9 Å². The van der Waals surface area contributed by atoms with Crippen LogP contribution in [0.4, 0.5) is 5.13 Å². The molecule has 0 aliphatic rings. The fourth-order valence-corrected chi connectivity index (χ4v) is 2.08. The predicted molar refractivity (Wildman–Crippen MR) is 67.3 cm³/mol. The Morgan fingerprint density at radius 1 is 1.41 bits per heavy atom. The number of nitrogens with one attached hydrogen (secondary N) is 1. The number of thiazole rings is 1. The van der Waals surface area contributed by atoms with E-state index in [4.69, 9.17) is 5.11 Å². The zero-order valence-electron chi connectivity index (χ0n) is 9.30. The normalized spacial score (nSPS) is 10.2. The molecular weight excluding hydrogens is 236 g/mol. The number of anilines is 1. The van der Waals surface area contributed by atoms with Gasteiger partial charge in [-0.25, -0.2) is 4.98 Å². The molecule has 0 saturated heterocycles. The Hall–Kier alpha value is -1.88. The third kappa shape index (κ3) is 3.29. The van der Waals surface area contributed by atoms with Crippen molar-refractivity contribution in [1.29, 1.82) is 0 Å². The van der Waals surface area contributed by atoms with E-state index in [1.54, 1.807) is 24.3 Å². The Bertz CT molecular complexity index is 520. The standard InChI is InChI=1S/C12H12N2O2S/c1-8-7-17-12(13-8)14-11(16)6-9-2-4-10(15)5-3-9/h2-5,7,15H,6H2,1H3,(H,13,14,16). The van der Waals surface area contributed by atoms with Gasteiger partial charge in [-0.15, -0.1) is 11.3 Å². The van der Waals surface area contributed by atoms with Crippen LogP contribution in [0.25, 0.3) is 0 Å². The topological polar surface area (TPSA) is 62.2 Å². The molecule has 1 aromatic carbocycles. The van der Waals surface area contributed by atoms with Crippen LogP contribution in [0.3, 0.4) is 0 Å². The van der Waals surface area contributed by atoms with Crippen LogP contribution in [0.1, 0.15) is 11.3 Å². The van der Waals surface area contributed by atoms with Crippen molar-refractivity contribution in [2.75, 3.05) is 5.32 Å². The number of hydrogen-bond donors (Lipinski definition) is 2. The van der Waals surface area contributed by atoms with Crippen molar-refractivity contribution < 1.29 is 9.90 Å². The quantitative estimate of drug-likeness (QED) is 0.876. The van der Waals surface area contributed by atoms with Crippen molar-refractivity contribution in [1.82, 2.24) is 4.98 Å². The van der Waals surface area contributed by atoms with E-state index in [0.29, 0.717) is 5.13 Å². The molecule has 1 aromatic heterocycles. The number of nitrogens with zero attached hydrogens (tertiary/aromatic N) is 1. The van der Waals surface area contributed by atoms with Gasteiger partial charge in [-0.05, 0) is 24.6 Å². The van der Waals surface area contributed by atoms with Crippen molar-refractivity contribution in [2.45, 2.75) is 13.3 Å². The fraction of sp³-hybridized carbons (Fsp3) is 0.167. The highest BCUT2D eigenvalue weighted by Crippen LogP contribution is 2.15. The van der Waals surface area contributed by atoms with Gasteiger partial charge in [0.15, 0.2) is 5.13 Å². The number of carbonyl (C=O) groups excluding carboxylic acids is 1. The minimum Gasteiger partial charge on any atom is -0.508 e. The van der Waals surface area contributed by atoms with Gasteiger partial charge in [0.25, 0.3) is 0 Å². The van der Waals surface area contributed by atoms with Gasteiger partial charge in [0, 0.05) is 5.38 Å². The first-order chi connectivity index (χ1) is 8.13. The van der Waals surface area contributed by atoms with Crippen LogP contribution in [0, 0.1) is 6.92 Å². The summed E-state index contributed by atoms with van der Waals surface area (Å²) >= 11 is 1.41. The number of benzene rings is 1. The SMILES string of the molecule is Cc1csc(NC(=O)Cc2ccc(O)cc2)n1. The molecule has 0 radical (unpaired) electrons. The Morgan fingerprint density at radius 3 is 2.71 bits per heavy atom. The molecule has 2 rings (SSSR count). The molecule has 0 aliphatic carbocycles. The summed E-state index contributed by atoms with van der Waals surface area (Å²) in [5.74, 6) is 0.0924. The largest absolute Gasteiger partial charge is 0.508 e. The first-order valence-electron chi connectivity index (χ1n) is 5.13. The monoisotopic (exact) mass is 248 g/mol. The summed E-state index contributed by atoms with van der Waals surface area (Å²) < 4.78 is 0. The van der Waals surface area contributed by atoms with Crippen LogP contribution >= 0.6 is 11.3 Å². The number of aryl methyl sites for hydroxylation is 1. The van der Waals surface area contributed by atoms with Gasteiger partial charge < -0.3 is 10.4 Å². The van der Waals surface area contributed by atoms with Crippen molar-refractivity contribution in [3.8, 4) is 5.75 Å². The highest BCUT2D eigenvalue weighted by Gasteiger charge is 2.06. The molecule has 5 heteroatoms. The van der Waals surface area contributed by atoms with Gasteiger partial charge in [-0.3, -0.25) is 4.79 Å². The molecule has 88 valence electrons. The predicted octanol–water partition coefficient (Wildman–Crippen LogP) is 2.34. The average Bonchev–Trinajstić information content (AvgIpc) is 2.67. The van der Waals surface area contributed by atoms with E-state index in [2.05, 4.69) is 10.3 Å². The van der Waals surface area contributed by atoms with E-state index in [9.17, 15) is 4.79 Å². The summed E-state index contributed by atoms with van der Waals surface area (Å²) in [5.41, 5.74) is 1.75. The average molecular weight is 248 g/mol. The highest BCUT2D eigenvalue weighted by molar-refractivity contribution is 7.13. The molecule has 0 saturated carbocycles.